The minimum Gasteiger partial charge on any atom is -0.322 e. The van der Waals surface area contributed by atoms with Crippen molar-refractivity contribution in [2.75, 3.05) is 10.2 Å². The molecule has 2 aromatic carbocycles. The van der Waals surface area contributed by atoms with Gasteiger partial charge in [-0.05, 0) is 43.7 Å². The number of benzene rings is 2. The Kier molecular flexibility index (Phi) is 4.30. The lowest BCUT2D eigenvalue weighted by Crippen LogP contribution is -2.30. The second-order valence-electron chi connectivity index (χ2n) is 5.81. The highest BCUT2D eigenvalue weighted by atomic mass is 16.2. The van der Waals surface area contributed by atoms with E-state index >= 15 is 0 Å². The smallest absolute Gasteiger partial charge is 0.257 e. The fourth-order valence-electron chi connectivity index (χ4n) is 2.94. The predicted molar refractivity (Wildman–Crippen MR) is 91.7 cm³/mol. The molecule has 5 heteroatoms. The first-order valence-electron chi connectivity index (χ1n) is 7.83. The molecule has 3 rings (SSSR count). The fraction of sp³-hybridized carbons (Fsp3) is 0.211. The maximum Gasteiger partial charge on any atom is 0.257 e. The molecule has 0 spiro atoms. The molecule has 0 bridgehead atoms. The lowest BCUT2D eigenvalue weighted by Gasteiger charge is -2.22. The zero-order valence-electron chi connectivity index (χ0n) is 13.3. The molecule has 1 fully saturated rings. The van der Waals surface area contributed by atoms with E-state index in [1.165, 1.54) is 0 Å². The van der Waals surface area contributed by atoms with Crippen LogP contribution in [0.4, 0.5) is 11.4 Å². The molecular weight excluding hydrogens is 302 g/mol. The van der Waals surface area contributed by atoms with E-state index in [1.807, 2.05) is 19.1 Å². The first-order valence-corrected chi connectivity index (χ1v) is 7.83. The number of hydrogen-bond acceptors (Lipinski definition) is 3. The van der Waals surface area contributed by atoms with Crippen LogP contribution in [0.5, 0.6) is 0 Å². The Morgan fingerprint density at radius 3 is 2.75 bits per heavy atom. The normalized spacial score (nSPS) is 16.8. The van der Waals surface area contributed by atoms with Crippen molar-refractivity contribution in [3.05, 3.63) is 59.7 Å². The topological polar surface area (TPSA) is 73.2 Å². The number of carbonyl (C=O) groups excluding carboxylic acids is 2. The van der Waals surface area contributed by atoms with E-state index in [9.17, 15) is 9.59 Å². The number of amides is 2. The minimum atomic E-state index is -0.343. The van der Waals surface area contributed by atoms with Crippen molar-refractivity contribution in [3.63, 3.8) is 0 Å². The number of hydrogen-bond donors (Lipinski definition) is 1. The largest absolute Gasteiger partial charge is 0.322 e. The van der Waals surface area contributed by atoms with Crippen LogP contribution in [0.2, 0.25) is 0 Å². The van der Waals surface area contributed by atoms with Gasteiger partial charge in [0.2, 0.25) is 5.91 Å². The van der Waals surface area contributed by atoms with Gasteiger partial charge in [0.05, 0.1) is 17.2 Å². The third kappa shape index (κ3) is 2.99. The molecule has 0 radical (unpaired) electrons. The SMILES string of the molecule is CC1CCC(=O)N1c1cccc(NC(=O)c2ccccc2C#N)c1. The van der Waals surface area contributed by atoms with Gasteiger partial charge in [0.15, 0.2) is 0 Å². The summed E-state index contributed by atoms with van der Waals surface area (Å²) >= 11 is 0. The predicted octanol–water partition coefficient (Wildman–Crippen LogP) is 3.33. The van der Waals surface area contributed by atoms with Crippen molar-refractivity contribution in [2.45, 2.75) is 25.8 Å². The van der Waals surface area contributed by atoms with Gasteiger partial charge in [-0.25, -0.2) is 0 Å². The molecule has 0 aromatic heterocycles. The van der Waals surface area contributed by atoms with Gasteiger partial charge < -0.3 is 10.2 Å². The van der Waals surface area contributed by atoms with E-state index in [0.29, 0.717) is 23.2 Å². The van der Waals surface area contributed by atoms with Gasteiger partial charge in [0.25, 0.3) is 5.91 Å². The Morgan fingerprint density at radius 2 is 2.04 bits per heavy atom. The standard InChI is InChI=1S/C19H17N3O2/c1-13-9-10-18(23)22(13)16-7-4-6-15(11-16)21-19(24)17-8-3-2-5-14(17)12-20/h2-8,11,13H,9-10H2,1H3,(H,21,24). The molecule has 0 saturated carbocycles. The molecule has 0 aliphatic carbocycles. The van der Waals surface area contributed by atoms with Crippen LogP contribution in [0.1, 0.15) is 35.7 Å². The van der Waals surface area contributed by atoms with Gasteiger partial charge in [-0.3, -0.25) is 9.59 Å². The van der Waals surface area contributed by atoms with Gasteiger partial charge in [-0.1, -0.05) is 18.2 Å². The van der Waals surface area contributed by atoms with Crippen LogP contribution in [-0.2, 0) is 4.79 Å². The van der Waals surface area contributed by atoms with Crippen molar-refractivity contribution in [1.82, 2.24) is 0 Å². The van der Waals surface area contributed by atoms with Crippen LogP contribution in [0.25, 0.3) is 0 Å². The Morgan fingerprint density at radius 1 is 1.25 bits per heavy atom. The second-order valence-corrected chi connectivity index (χ2v) is 5.81. The van der Waals surface area contributed by atoms with E-state index in [1.54, 1.807) is 47.4 Å². The van der Waals surface area contributed by atoms with Crippen LogP contribution in [0.3, 0.4) is 0 Å². The quantitative estimate of drug-likeness (QED) is 0.943. The summed E-state index contributed by atoms with van der Waals surface area (Å²) in [6.45, 7) is 2.01. The number of nitrogens with one attached hydrogen (secondary N) is 1. The van der Waals surface area contributed by atoms with Crippen LogP contribution in [0, 0.1) is 11.3 Å². The highest BCUT2D eigenvalue weighted by Crippen LogP contribution is 2.28. The highest BCUT2D eigenvalue weighted by molar-refractivity contribution is 6.06. The number of nitrogens with zero attached hydrogens (tertiary/aromatic N) is 2. The Bertz CT molecular complexity index is 839. The Labute approximate surface area is 140 Å². The monoisotopic (exact) mass is 319 g/mol. The van der Waals surface area contributed by atoms with E-state index in [4.69, 9.17) is 5.26 Å². The number of rotatable bonds is 3. The summed E-state index contributed by atoms with van der Waals surface area (Å²) in [7, 11) is 0. The molecule has 2 aromatic rings. The third-order valence-electron chi connectivity index (χ3n) is 4.16. The van der Waals surface area contributed by atoms with E-state index < -0.39 is 0 Å². The third-order valence-corrected chi connectivity index (χ3v) is 4.16. The summed E-state index contributed by atoms with van der Waals surface area (Å²) in [6, 6.07) is 16.0. The molecule has 5 nitrogen and oxygen atoms in total. The summed E-state index contributed by atoms with van der Waals surface area (Å²) in [4.78, 5) is 26.2. The zero-order valence-corrected chi connectivity index (χ0v) is 13.3. The molecule has 1 atom stereocenters. The maximum absolute atomic E-state index is 12.4. The molecule has 1 N–H and O–H groups in total. The zero-order chi connectivity index (χ0) is 17.1. The minimum absolute atomic E-state index is 0.0980. The van der Waals surface area contributed by atoms with Crippen LogP contribution >= 0.6 is 0 Å². The lowest BCUT2D eigenvalue weighted by molar-refractivity contribution is -0.117. The van der Waals surface area contributed by atoms with Gasteiger partial charge in [-0.2, -0.15) is 5.26 Å². The maximum atomic E-state index is 12.4. The highest BCUT2D eigenvalue weighted by Gasteiger charge is 2.28. The van der Waals surface area contributed by atoms with Crippen molar-refractivity contribution in [2.24, 2.45) is 0 Å². The van der Waals surface area contributed by atoms with Crippen molar-refractivity contribution >= 4 is 23.2 Å². The first kappa shape index (κ1) is 15.8. The van der Waals surface area contributed by atoms with E-state index in [0.717, 1.165) is 12.1 Å². The van der Waals surface area contributed by atoms with Crippen LogP contribution in [0.15, 0.2) is 48.5 Å². The lowest BCUT2D eigenvalue weighted by atomic mass is 10.1. The summed E-state index contributed by atoms with van der Waals surface area (Å²) in [5.41, 5.74) is 2.03. The van der Waals surface area contributed by atoms with Crippen LogP contribution in [-0.4, -0.2) is 17.9 Å². The summed E-state index contributed by atoms with van der Waals surface area (Å²) in [5, 5.41) is 11.9. The number of nitriles is 1. The molecule has 1 aliphatic rings. The fourth-order valence-corrected chi connectivity index (χ4v) is 2.94. The molecule has 1 saturated heterocycles. The number of anilines is 2. The molecule has 1 heterocycles. The molecule has 24 heavy (non-hydrogen) atoms. The average Bonchev–Trinajstić information content (AvgIpc) is 2.93. The second kappa shape index (κ2) is 6.55. The van der Waals surface area contributed by atoms with Crippen molar-refractivity contribution < 1.29 is 9.59 Å². The molecule has 2 amide bonds. The van der Waals surface area contributed by atoms with E-state index in [2.05, 4.69) is 5.32 Å². The summed E-state index contributed by atoms with van der Waals surface area (Å²) < 4.78 is 0. The molecule has 1 unspecified atom stereocenters. The number of carbonyl (C=O) groups is 2. The van der Waals surface area contributed by atoms with E-state index in [-0.39, 0.29) is 17.9 Å². The average molecular weight is 319 g/mol. The van der Waals surface area contributed by atoms with Gasteiger partial charge >= 0.3 is 0 Å². The van der Waals surface area contributed by atoms with Crippen molar-refractivity contribution in [1.29, 1.82) is 5.26 Å². The molecular formula is C19H17N3O2. The van der Waals surface area contributed by atoms with Crippen molar-refractivity contribution in [3.8, 4) is 6.07 Å². The molecule has 1 aliphatic heterocycles. The van der Waals surface area contributed by atoms with Crippen LogP contribution < -0.4 is 10.2 Å². The summed E-state index contributed by atoms with van der Waals surface area (Å²) in [6.07, 6.45) is 1.39. The Balaban J connectivity index is 1.84. The van der Waals surface area contributed by atoms with Gasteiger partial charge in [0, 0.05) is 23.8 Å². The van der Waals surface area contributed by atoms with Gasteiger partial charge in [0.1, 0.15) is 0 Å². The molecule has 120 valence electrons. The Hall–Kier alpha value is -3.13. The van der Waals surface area contributed by atoms with Gasteiger partial charge in [-0.15, -0.1) is 0 Å². The first-order chi connectivity index (χ1) is 11.6. The summed E-state index contributed by atoms with van der Waals surface area (Å²) in [5.74, 6) is -0.245.